The van der Waals surface area contributed by atoms with Crippen molar-refractivity contribution in [2.75, 3.05) is 6.54 Å². The van der Waals surface area contributed by atoms with E-state index >= 15 is 0 Å². The van der Waals surface area contributed by atoms with Crippen LogP contribution in [-0.2, 0) is 11.3 Å². The van der Waals surface area contributed by atoms with Crippen LogP contribution in [0.5, 0.6) is 0 Å². The van der Waals surface area contributed by atoms with Gasteiger partial charge in [-0.15, -0.1) is 0 Å². The fourth-order valence-electron chi connectivity index (χ4n) is 2.04. The molecular weight excluding hydrogens is 242 g/mol. The molecule has 0 bridgehead atoms. The van der Waals surface area contributed by atoms with Gasteiger partial charge in [0, 0.05) is 29.9 Å². The van der Waals surface area contributed by atoms with Crippen LogP contribution in [0.3, 0.4) is 0 Å². The van der Waals surface area contributed by atoms with Gasteiger partial charge in [-0.1, -0.05) is 0 Å². The van der Waals surface area contributed by atoms with Gasteiger partial charge >= 0.3 is 5.97 Å². The lowest BCUT2D eigenvalue weighted by molar-refractivity contribution is -0.139. The molecule has 5 nitrogen and oxygen atoms in total. The SMILES string of the molecule is CC(C)(C)N(CC(=O)O)Cc1c[nH]c2ncccc12. The minimum absolute atomic E-state index is 0.0242. The van der Waals surface area contributed by atoms with E-state index in [-0.39, 0.29) is 12.1 Å². The molecule has 0 aliphatic carbocycles. The highest BCUT2D eigenvalue weighted by molar-refractivity contribution is 5.79. The van der Waals surface area contributed by atoms with Crippen LogP contribution in [0, 0.1) is 0 Å². The highest BCUT2D eigenvalue weighted by Crippen LogP contribution is 2.22. The van der Waals surface area contributed by atoms with Crippen molar-refractivity contribution in [2.24, 2.45) is 0 Å². The number of aromatic amines is 1. The van der Waals surface area contributed by atoms with Crippen LogP contribution < -0.4 is 0 Å². The molecule has 0 spiro atoms. The van der Waals surface area contributed by atoms with E-state index in [1.807, 2.05) is 44.0 Å². The third kappa shape index (κ3) is 3.12. The molecule has 2 rings (SSSR count). The van der Waals surface area contributed by atoms with Crippen molar-refractivity contribution in [3.8, 4) is 0 Å². The highest BCUT2D eigenvalue weighted by Gasteiger charge is 2.24. The Bertz CT molecular complexity index is 584. The fourth-order valence-corrected chi connectivity index (χ4v) is 2.04. The Morgan fingerprint density at radius 3 is 2.84 bits per heavy atom. The van der Waals surface area contributed by atoms with Gasteiger partial charge < -0.3 is 10.1 Å². The van der Waals surface area contributed by atoms with Gasteiger partial charge in [0.25, 0.3) is 0 Å². The summed E-state index contributed by atoms with van der Waals surface area (Å²) in [4.78, 5) is 20.3. The van der Waals surface area contributed by atoms with Crippen LogP contribution in [0.1, 0.15) is 26.3 Å². The molecule has 0 unspecified atom stereocenters. The smallest absolute Gasteiger partial charge is 0.317 e. The normalized spacial score (nSPS) is 12.2. The van der Waals surface area contributed by atoms with Crippen LogP contribution >= 0.6 is 0 Å². The second-order valence-electron chi connectivity index (χ2n) is 5.63. The van der Waals surface area contributed by atoms with E-state index in [1.165, 1.54) is 0 Å². The van der Waals surface area contributed by atoms with E-state index in [0.717, 1.165) is 16.6 Å². The molecule has 2 aromatic heterocycles. The van der Waals surface area contributed by atoms with Crippen LogP contribution in [0.4, 0.5) is 0 Å². The molecule has 0 aliphatic heterocycles. The van der Waals surface area contributed by atoms with Crippen molar-refractivity contribution in [3.05, 3.63) is 30.1 Å². The van der Waals surface area contributed by atoms with Crippen molar-refractivity contribution < 1.29 is 9.90 Å². The molecule has 0 amide bonds. The second-order valence-corrected chi connectivity index (χ2v) is 5.63. The van der Waals surface area contributed by atoms with Gasteiger partial charge in [0.1, 0.15) is 5.65 Å². The number of rotatable bonds is 4. The topological polar surface area (TPSA) is 69.2 Å². The first-order valence-corrected chi connectivity index (χ1v) is 6.26. The predicted molar refractivity (Wildman–Crippen MR) is 73.9 cm³/mol. The van der Waals surface area contributed by atoms with E-state index in [4.69, 9.17) is 5.11 Å². The first kappa shape index (κ1) is 13.5. The lowest BCUT2D eigenvalue weighted by Gasteiger charge is -2.34. The molecule has 0 aromatic carbocycles. The Morgan fingerprint density at radius 2 is 2.21 bits per heavy atom. The van der Waals surface area contributed by atoms with E-state index in [0.29, 0.717) is 6.54 Å². The van der Waals surface area contributed by atoms with E-state index < -0.39 is 5.97 Å². The molecule has 0 radical (unpaired) electrons. The number of carboxylic acid groups (broad SMARTS) is 1. The second kappa shape index (κ2) is 5.01. The van der Waals surface area contributed by atoms with Crippen LogP contribution in [0.2, 0.25) is 0 Å². The number of fused-ring (bicyclic) bond motifs is 1. The summed E-state index contributed by atoms with van der Waals surface area (Å²) in [5, 5.41) is 10.1. The molecule has 0 atom stereocenters. The fraction of sp³-hybridized carbons (Fsp3) is 0.429. The quantitative estimate of drug-likeness (QED) is 0.885. The summed E-state index contributed by atoms with van der Waals surface area (Å²) in [7, 11) is 0. The minimum Gasteiger partial charge on any atom is -0.480 e. The van der Waals surface area contributed by atoms with Gasteiger partial charge in [-0.25, -0.2) is 4.98 Å². The number of hydrogen-bond acceptors (Lipinski definition) is 3. The number of carbonyl (C=O) groups is 1. The summed E-state index contributed by atoms with van der Waals surface area (Å²) in [6.07, 6.45) is 3.64. The maximum atomic E-state index is 11.0. The third-order valence-corrected chi connectivity index (χ3v) is 3.17. The molecule has 2 aromatic rings. The Balaban J connectivity index is 2.28. The number of H-pyrrole nitrogens is 1. The Morgan fingerprint density at radius 1 is 1.47 bits per heavy atom. The van der Waals surface area contributed by atoms with Crippen molar-refractivity contribution >= 4 is 17.0 Å². The zero-order valence-corrected chi connectivity index (χ0v) is 11.5. The monoisotopic (exact) mass is 261 g/mol. The van der Waals surface area contributed by atoms with Crippen molar-refractivity contribution in [3.63, 3.8) is 0 Å². The maximum Gasteiger partial charge on any atom is 0.317 e. The molecule has 5 heteroatoms. The summed E-state index contributed by atoms with van der Waals surface area (Å²) in [5.74, 6) is -0.812. The summed E-state index contributed by atoms with van der Waals surface area (Å²) < 4.78 is 0. The standard InChI is InChI=1S/C14H19N3O2/c1-14(2,3)17(9-12(18)19)8-10-7-16-13-11(10)5-4-6-15-13/h4-7H,8-9H2,1-3H3,(H,15,16)(H,18,19). The number of nitrogens with one attached hydrogen (secondary N) is 1. The minimum atomic E-state index is -0.812. The van der Waals surface area contributed by atoms with Gasteiger partial charge in [0.05, 0.1) is 6.54 Å². The Hall–Kier alpha value is -1.88. The molecule has 2 heterocycles. The van der Waals surface area contributed by atoms with E-state index in [9.17, 15) is 4.79 Å². The van der Waals surface area contributed by atoms with Crippen molar-refractivity contribution in [2.45, 2.75) is 32.9 Å². The van der Waals surface area contributed by atoms with Gasteiger partial charge in [0.2, 0.25) is 0 Å². The molecule has 0 saturated heterocycles. The van der Waals surface area contributed by atoms with Gasteiger partial charge in [-0.05, 0) is 38.5 Å². The van der Waals surface area contributed by atoms with E-state index in [1.54, 1.807) is 6.20 Å². The van der Waals surface area contributed by atoms with Crippen molar-refractivity contribution in [1.82, 2.24) is 14.9 Å². The molecule has 0 aliphatic rings. The predicted octanol–water partition coefficient (Wildman–Crippen LogP) is 2.25. The number of aliphatic carboxylic acids is 1. The van der Waals surface area contributed by atoms with Gasteiger partial charge in [0.15, 0.2) is 0 Å². The molecule has 2 N–H and O–H groups in total. The van der Waals surface area contributed by atoms with E-state index in [2.05, 4.69) is 9.97 Å². The summed E-state index contributed by atoms with van der Waals surface area (Å²) in [5.41, 5.74) is 1.70. The average molecular weight is 261 g/mol. The molecule has 0 fully saturated rings. The van der Waals surface area contributed by atoms with Crippen LogP contribution in [-0.4, -0.2) is 38.0 Å². The number of hydrogen-bond donors (Lipinski definition) is 2. The van der Waals surface area contributed by atoms with Crippen LogP contribution in [0.15, 0.2) is 24.5 Å². The summed E-state index contributed by atoms with van der Waals surface area (Å²) >= 11 is 0. The zero-order valence-electron chi connectivity index (χ0n) is 11.5. The van der Waals surface area contributed by atoms with Crippen LogP contribution in [0.25, 0.3) is 11.0 Å². The average Bonchev–Trinajstić information content (AvgIpc) is 2.70. The summed E-state index contributed by atoms with van der Waals surface area (Å²) in [6, 6.07) is 3.88. The third-order valence-electron chi connectivity index (χ3n) is 3.17. The first-order valence-electron chi connectivity index (χ1n) is 6.26. The Labute approximate surface area is 112 Å². The van der Waals surface area contributed by atoms with Gasteiger partial charge in [-0.3, -0.25) is 9.69 Å². The zero-order chi connectivity index (χ0) is 14.0. The largest absolute Gasteiger partial charge is 0.480 e. The molecule has 102 valence electrons. The number of nitrogens with zero attached hydrogens (tertiary/aromatic N) is 2. The molecule has 19 heavy (non-hydrogen) atoms. The highest BCUT2D eigenvalue weighted by atomic mass is 16.4. The maximum absolute atomic E-state index is 11.0. The Kier molecular flexibility index (Phi) is 3.57. The lowest BCUT2D eigenvalue weighted by Crippen LogP contribution is -2.43. The summed E-state index contributed by atoms with van der Waals surface area (Å²) in [6.45, 7) is 6.66. The number of aromatic nitrogens is 2. The molecule has 0 saturated carbocycles. The number of carboxylic acids is 1. The lowest BCUT2D eigenvalue weighted by atomic mass is 10.0. The molecular formula is C14H19N3O2. The van der Waals surface area contributed by atoms with Gasteiger partial charge in [-0.2, -0.15) is 0 Å². The first-order chi connectivity index (χ1) is 8.88. The van der Waals surface area contributed by atoms with Crippen molar-refractivity contribution in [1.29, 1.82) is 0 Å². The number of pyridine rings is 1.